The van der Waals surface area contributed by atoms with Crippen LogP contribution in [0.5, 0.6) is 0 Å². The van der Waals surface area contributed by atoms with E-state index in [4.69, 9.17) is 10.3 Å². The summed E-state index contributed by atoms with van der Waals surface area (Å²) in [4.78, 5) is 6.11. The number of aryl methyl sites for hydroxylation is 1. The lowest BCUT2D eigenvalue weighted by atomic mass is 10.5. The van der Waals surface area contributed by atoms with Crippen LogP contribution in [0.25, 0.3) is 0 Å². The van der Waals surface area contributed by atoms with Gasteiger partial charge in [-0.25, -0.2) is 0 Å². The quantitative estimate of drug-likeness (QED) is 0.676. The highest BCUT2D eigenvalue weighted by Gasteiger charge is 2.05. The number of aromatic nitrogens is 2. The molecule has 0 aliphatic carbocycles. The average molecular weight is 170 g/mol. The number of nitrogens with zero attached hydrogens (tertiary/aromatic N) is 3. The molecule has 1 rings (SSSR count). The van der Waals surface area contributed by atoms with E-state index in [1.807, 2.05) is 11.9 Å². The Morgan fingerprint density at radius 2 is 2.33 bits per heavy atom. The lowest BCUT2D eigenvalue weighted by Crippen LogP contribution is -2.25. The largest absolute Gasteiger partial charge is 0.338 e. The molecule has 0 saturated heterocycles. The van der Waals surface area contributed by atoms with Gasteiger partial charge in [0.25, 0.3) is 0 Å². The molecule has 1 aromatic rings. The van der Waals surface area contributed by atoms with Crippen LogP contribution in [0.3, 0.4) is 0 Å². The number of rotatable bonds is 4. The fraction of sp³-hybridized carbons (Fsp3) is 0.714. The first-order chi connectivity index (χ1) is 5.72. The van der Waals surface area contributed by atoms with Crippen LogP contribution in [-0.4, -0.2) is 35.2 Å². The summed E-state index contributed by atoms with van der Waals surface area (Å²) in [6.45, 7) is 3.94. The first-order valence-corrected chi connectivity index (χ1v) is 3.90. The van der Waals surface area contributed by atoms with Gasteiger partial charge in [0.1, 0.15) is 0 Å². The summed E-state index contributed by atoms with van der Waals surface area (Å²) < 4.78 is 4.94. The summed E-state index contributed by atoms with van der Waals surface area (Å²) in [6, 6.07) is 0. The summed E-state index contributed by atoms with van der Waals surface area (Å²) in [5.74, 6) is 1.31. The van der Waals surface area contributed by atoms with Crippen LogP contribution in [0, 0.1) is 6.92 Å². The van der Waals surface area contributed by atoms with Gasteiger partial charge in [0.15, 0.2) is 5.82 Å². The average Bonchev–Trinajstić information content (AvgIpc) is 2.36. The third-order valence-corrected chi connectivity index (χ3v) is 1.49. The molecule has 68 valence electrons. The minimum atomic E-state index is 0.642. The molecule has 0 aliphatic heterocycles. The zero-order chi connectivity index (χ0) is 8.97. The molecule has 5 nitrogen and oxygen atoms in total. The van der Waals surface area contributed by atoms with Gasteiger partial charge in [0.2, 0.25) is 5.89 Å². The van der Waals surface area contributed by atoms with Gasteiger partial charge in [0, 0.05) is 13.1 Å². The van der Waals surface area contributed by atoms with Crippen molar-refractivity contribution in [2.24, 2.45) is 5.73 Å². The van der Waals surface area contributed by atoms with E-state index in [2.05, 4.69) is 10.1 Å². The number of hydrogen-bond acceptors (Lipinski definition) is 5. The SMILES string of the molecule is Cc1noc(CN(C)CCN)n1. The van der Waals surface area contributed by atoms with Crippen molar-refractivity contribution in [3.63, 3.8) is 0 Å². The van der Waals surface area contributed by atoms with Crippen molar-refractivity contribution in [3.05, 3.63) is 11.7 Å². The highest BCUT2D eigenvalue weighted by atomic mass is 16.5. The Balaban J connectivity index is 2.41. The molecule has 5 heteroatoms. The van der Waals surface area contributed by atoms with Crippen LogP contribution >= 0.6 is 0 Å². The predicted molar refractivity (Wildman–Crippen MR) is 44.4 cm³/mol. The van der Waals surface area contributed by atoms with E-state index in [0.717, 1.165) is 6.54 Å². The topological polar surface area (TPSA) is 68.2 Å². The molecule has 1 aromatic heterocycles. The van der Waals surface area contributed by atoms with E-state index in [-0.39, 0.29) is 0 Å². The van der Waals surface area contributed by atoms with Crippen molar-refractivity contribution in [1.82, 2.24) is 15.0 Å². The summed E-state index contributed by atoms with van der Waals surface area (Å²) in [5, 5.41) is 3.69. The maximum Gasteiger partial charge on any atom is 0.240 e. The van der Waals surface area contributed by atoms with Gasteiger partial charge in [-0.2, -0.15) is 4.98 Å². The van der Waals surface area contributed by atoms with E-state index in [1.165, 1.54) is 0 Å². The zero-order valence-corrected chi connectivity index (χ0v) is 7.45. The lowest BCUT2D eigenvalue weighted by molar-refractivity contribution is 0.271. The van der Waals surface area contributed by atoms with Crippen molar-refractivity contribution in [2.45, 2.75) is 13.5 Å². The van der Waals surface area contributed by atoms with E-state index >= 15 is 0 Å². The second kappa shape index (κ2) is 4.18. The van der Waals surface area contributed by atoms with Crippen LogP contribution in [0.15, 0.2) is 4.52 Å². The second-order valence-electron chi connectivity index (χ2n) is 2.76. The van der Waals surface area contributed by atoms with Gasteiger partial charge in [-0.1, -0.05) is 5.16 Å². The maximum absolute atomic E-state index is 5.38. The van der Waals surface area contributed by atoms with Gasteiger partial charge in [-0.05, 0) is 14.0 Å². The highest BCUT2D eigenvalue weighted by Crippen LogP contribution is 1.98. The van der Waals surface area contributed by atoms with Crippen molar-refractivity contribution in [3.8, 4) is 0 Å². The van der Waals surface area contributed by atoms with Gasteiger partial charge in [-0.3, -0.25) is 4.90 Å². The number of likely N-dealkylation sites (N-methyl/N-ethyl adjacent to an activating group) is 1. The minimum Gasteiger partial charge on any atom is -0.338 e. The Kier molecular flexibility index (Phi) is 3.19. The van der Waals surface area contributed by atoms with Crippen LogP contribution in [0.4, 0.5) is 0 Å². The van der Waals surface area contributed by atoms with Crippen LogP contribution < -0.4 is 5.73 Å². The molecule has 0 unspecified atom stereocenters. The van der Waals surface area contributed by atoms with Gasteiger partial charge in [0.05, 0.1) is 6.54 Å². The van der Waals surface area contributed by atoms with E-state index in [9.17, 15) is 0 Å². The zero-order valence-electron chi connectivity index (χ0n) is 7.45. The summed E-state index contributed by atoms with van der Waals surface area (Å²) in [7, 11) is 1.96. The van der Waals surface area contributed by atoms with Gasteiger partial charge < -0.3 is 10.3 Å². The standard InChI is InChI=1S/C7H14N4O/c1-6-9-7(12-10-6)5-11(2)4-3-8/h3-5,8H2,1-2H3. The molecule has 0 spiro atoms. The Labute approximate surface area is 71.5 Å². The van der Waals surface area contributed by atoms with Gasteiger partial charge >= 0.3 is 0 Å². The molecule has 0 saturated carbocycles. The first kappa shape index (κ1) is 9.15. The summed E-state index contributed by atoms with van der Waals surface area (Å²) >= 11 is 0. The highest BCUT2D eigenvalue weighted by molar-refractivity contribution is 4.82. The molecule has 0 atom stereocenters. The molecule has 1 heterocycles. The lowest BCUT2D eigenvalue weighted by Gasteiger charge is -2.11. The molecule has 0 fully saturated rings. The number of hydrogen-bond donors (Lipinski definition) is 1. The Hall–Kier alpha value is -0.940. The normalized spacial score (nSPS) is 11.0. The Morgan fingerprint density at radius 1 is 1.58 bits per heavy atom. The molecule has 12 heavy (non-hydrogen) atoms. The van der Waals surface area contributed by atoms with Crippen molar-refractivity contribution in [1.29, 1.82) is 0 Å². The van der Waals surface area contributed by atoms with Crippen molar-refractivity contribution in [2.75, 3.05) is 20.1 Å². The molecule has 0 bridgehead atoms. The third-order valence-electron chi connectivity index (χ3n) is 1.49. The predicted octanol–water partition coefficient (Wildman–Crippen LogP) is -0.231. The van der Waals surface area contributed by atoms with Crippen LogP contribution in [0.2, 0.25) is 0 Å². The molecule has 0 amide bonds. The molecule has 0 aliphatic rings. The fourth-order valence-corrected chi connectivity index (χ4v) is 0.935. The van der Waals surface area contributed by atoms with Crippen molar-refractivity contribution < 1.29 is 4.52 Å². The van der Waals surface area contributed by atoms with Gasteiger partial charge in [-0.15, -0.1) is 0 Å². The van der Waals surface area contributed by atoms with E-state index < -0.39 is 0 Å². The fourth-order valence-electron chi connectivity index (χ4n) is 0.935. The molecule has 0 aromatic carbocycles. The maximum atomic E-state index is 5.38. The summed E-state index contributed by atoms with van der Waals surface area (Å²) in [6.07, 6.45) is 0. The Bertz CT molecular complexity index is 235. The number of nitrogens with two attached hydrogens (primary N) is 1. The minimum absolute atomic E-state index is 0.642. The van der Waals surface area contributed by atoms with Crippen molar-refractivity contribution >= 4 is 0 Å². The molecule has 2 N–H and O–H groups in total. The second-order valence-corrected chi connectivity index (χ2v) is 2.76. The molecule has 0 radical (unpaired) electrons. The molecular weight excluding hydrogens is 156 g/mol. The summed E-state index contributed by atoms with van der Waals surface area (Å²) in [5.41, 5.74) is 5.38. The monoisotopic (exact) mass is 170 g/mol. The Morgan fingerprint density at radius 3 is 2.83 bits per heavy atom. The smallest absolute Gasteiger partial charge is 0.240 e. The van der Waals surface area contributed by atoms with Crippen LogP contribution in [0.1, 0.15) is 11.7 Å². The van der Waals surface area contributed by atoms with E-state index in [0.29, 0.717) is 24.8 Å². The third kappa shape index (κ3) is 2.60. The molecular formula is C7H14N4O. The van der Waals surface area contributed by atoms with Crippen LogP contribution in [-0.2, 0) is 6.54 Å². The first-order valence-electron chi connectivity index (χ1n) is 3.90. The van der Waals surface area contributed by atoms with E-state index in [1.54, 1.807) is 6.92 Å².